The van der Waals surface area contributed by atoms with E-state index in [9.17, 15) is 13.2 Å². The van der Waals surface area contributed by atoms with E-state index >= 15 is 0 Å². The van der Waals surface area contributed by atoms with Crippen molar-refractivity contribution < 1.29 is 13.2 Å². The van der Waals surface area contributed by atoms with Crippen molar-refractivity contribution in [2.24, 2.45) is 5.92 Å². The van der Waals surface area contributed by atoms with Gasteiger partial charge in [-0.15, -0.1) is 0 Å². The van der Waals surface area contributed by atoms with Crippen LogP contribution in [0.2, 0.25) is 0 Å². The number of sulfonamides is 1. The summed E-state index contributed by atoms with van der Waals surface area (Å²) in [5.74, 6) is 0.0532. The van der Waals surface area contributed by atoms with E-state index in [1.54, 1.807) is 24.3 Å². The van der Waals surface area contributed by atoms with Crippen molar-refractivity contribution in [2.45, 2.75) is 25.2 Å². The number of anilines is 1. The van der Waals surface area contributed by atoms with Crippen molar-refractivity contribution in [2.75, 3.05) is 11.9 Å². The van der Waals surface area contributed by atoms with Crippen molar-refractivity contribution in [3.63, 3.8) is 0 Å². The van der Waals surface area contributed by atoms with Crippen LogP contribution in [0.4, 0.5) is 5.69 Å². The van der Waals surface area contributed by atoms with Crippen LogP contribution in [0.3, 0.4) is 0 Å². The minimum Gasteiger partial charge on any atom is -0.322 e. The van der Waals surface area contributed by atoms with E-state index in [0.29, 0.717) is 29.3 Å². The topological polar surface area (TPSA) is 99.1 Å². The Morgan fingerprint density at radius 2 is 1.69 bits per heavy atom. The average Bonchev–Trinajstić information content (AvgIpc) is 2.62. The molecule has 0 saturated heterocycles. The molecule has 0 aliphatic heterocycles. The van der Waals surface area contributed by atoms with Gasteiger partial charge in [0.15, 0.2) is 0 Å². The predicted molar refractivity (Wildman–Crippen MR) is 100 cm³/mol. The van der Waals surface area contributed by atoms with E-state index in [-0.39, 0.29) is 10.8 Å². The molecule has 0 fully saturated rings. The van der Waals surface area contributed by atoms with Crippen LogP contribution in [-0.2, 0) is 10.0 Å². The summed E-state index contributed by atoms with van der Waals surface area (Å²) in [5, 5.41) is 11.5. The highest BCUT2D eigenvalue weighted by Crippen LogP contribution is 2.14. The number of carbonyl (C=O) groups excluding carboxylic acids is 1. The number of nitriles is 1. The van der Waals surface area contributed by atoms with Crippen molar-refractivity contribution in [1.29, 1.82) is 5.26 Å². The number of benzene rings is 2. The molecule has 1 amide bonds. The second-order valence-electron chi connectivity index (χ2n) is 6.25. The lowest BCUT2D eigenvalue weighted by Crippen LogP contribution is -2.25. The second kappa shape index (κ2) is 8.61. The predicted octanol–water partition coefficient (Wildman–Crippen LogP) is 3.13. The maximum absolute atomic E-state index is 12.2. The van der Waals surface area contributed by atoms with Crippen molar-refractivity contribution in [3.05, 3.63) is 59.7 Å². The maximum atomic E-state index is 12.2. The molecule has 0 radical (unpaired) electrons. The van der Waals surface area contributed by atoms with Crippen LogP contribution in [0.15, 0.2) is 53.4 Å². The molecule has 0 saturated carbocycles. The highest BCUT2D eigenvalue weighted by atomic mass is 32.2. The number of nitrogens with zero attached hydrogens (tertiary/aromatic N) is 1. The van der Waals surface area contributed by atoms with Gasteiger partial charge in [0.25, 0.3) is 5.91 Å². The highest BCUT2D eigenvalue weighted by Gasteiger charge is 2.15. The summed E-state index contributed by atoms with van der Waals surface area (Å²) in [7, 11) is -3.58. The van der Waals surface area contributed by atoms with Gasteiger partial charge >= 0.3 is 0 Å². The normalized spacial score (nSPS) is 11.2. The lowest BCUT2D eigenvalue weighted by molar-refractivity contribution is 0.102. The zero-order valence-electron chi connectivity index (χ0n) is 14.7. The first-order valence-corrected chi connectivity index (χ1v) is 9.71. The SMILES string of the molecule is CC(C)CCNS(=O)(=O)c1ccc(C(=O)Nc2ccc(C#N)cc2)cc1. The molecule has 136 valence electrons. The zero-order chi connectivity index (χ0) is 19.2. The molecular formula is C19H21N3O3S. The molecule has 0 heterocycles. The first-order chi connectivity index (χ1) is 12.3. The quantitative estimate of drug-likeness (QED) is 0.781. The number of hydrogen-bond acceptors (Lipinski definition) is 4. The van der Waals surface area contributed by atoms with E-state index in [0.717, 1.165) is 6.42 Å². The van der Waals surface area contributed by atoms with Gasteiger partial charge < -0.3 is 5.32 Å². The van der Waals surface area contributed by atoms with E-state index in [1.807, 2.05) is 19.9 Å². The Hall–Kier alpha value is -2.69. The first-order valence-electron chi connectivity index (χ1n) is 8.23. The monoisotopic (exact) mass is 371 g/mol. The third-order valence-electron chi connectivity index (χ3n) is 3.71. The molecule has 6 nitrogen and oxygen atoms in total. The fourth-order valence-corrected chi connectivity index (χ4v) is 3.23. The Labute approximate surface area is 153 Å². The highest BCUT2D eigenvalue weighted by molar-refractivity contribution is 7.89. The number of carbonyl (C=O) groups is 1. The fraction of sp³-hybridized carbons (Fsp3) is 0.263. The van der Waals surface area contributed by atoms with Crippen LogP contribution in [0.25, 0.3) is 0 Å². The van der Waals surface area contributed by atoms with Crippen LogP contribution < -0.4 is 10.0 Å². The number of amides is 1. The molecule has 0 aliphatic carbocycles. The van der Waals surface area contributed by atoms with Gasteiger partial charge in [-0.3, -0.25) is 4.79 Å². The maximum Gasteiger partial charge on any atom is 0.255 e. The molecular weight excluding hydrogens is 350 g/mol. The number of nitrogens with one attached hydrogen (secondary N) is 2. The lowest BCUT2D eigenvalue weighted by atomic mass is 10.1. The Balaban J connectivity index is 2.03. The molecule has 0 aliphatic rings. The largest absolute Gasteiger partial charge is 0.322 e. The molecule has 2 rings (SSSR count). The summed E-state index contributed by atoms with van der Waals surface area (Å²) in [5.41, 5.74) is 1.40. The minimum atomic E-state index is -3.58. The summed E-state index contributed by atoms with van der Waals surface area (Å²) in [6, 6.07) is 14.2. The molecule has 7 heteroatoms. The average molecular weight is 371 g/mol. The van der Waals surface area contributed by atoms with Crippen LogP contribution in [-0.4, -0.2) is 20.9 Å². The summed E-state index contributed by atoms with van der Waals surface area (Å²) in [6.45, 7) is 4.42. The van der Waals surface area contributed by atoms with Crippen LogP contribution in [0.5, 0.6) is 0 Å². The van der Waals surface area contributed by atoms with E-state index < -0.39 is 10.0 Å². The summed E-state index contributed by atoms with van der Waals surface area (Å²) in [4.78, 5) is 12.4. The van der Waals surface area contributed by atoms with Crippen molar-refractivity contribution in [3.8, 4) is 6.07 Å². The Bertz CT molecular complexity index is 897. The first kappa shape index (κ1) is 19.6. The van der Waals surface area contributed by atoms with Crippen molar-refractivity contribution in [1.82, 2.24) is 4.72 Å². The van der Waals surface area contributed by atoms with Crippen molar-refractivity contribution >= 4 is 21.6 Å². The number of hydrogen-bond donors (Lipinski definition) is 2. The number of rotatable bonds is 7. The fourth-order valence-electron chi connectivity index (χ4n) is 2.18. The molecule has 2 N–H and O–H groups in total. The molecule has 0 bridgehead atoms. The van der Waals surface area contributed by atoms with Gasteiger partial charge in [-0.1, -0.05) is 13.8 Å². The zero-order valence-corrected chi connectivity index (χ0v) is 15.5. The van der Waals surface area contributed by atoms with E-state index in [1.165, 1.54) is 24.3 Å². The lowest BCUT2D eigenvalue weighted by Gasteiger charge is -2.09. The van der Waals surface area contributed by atoms with Gasteiger partial charge in [-0.2, -0.15) is 5.26 Å². The molecule has 2 aromatic rings. The summed E-state index contributed by atoms with van der Waals surface area (Å²) in [6.07, 6.45) is 0.754. The van der Waals surface area contributed by atoms with Gasteiger partial charge in [0, 0.05) is 17.8 Å². The van der Waals surface area contributed by atoms with Gasteiger partial charge in [-0.05, 0) is 60.9 Å². The minimum absolute atomic E-state index is 0.121. The Morgan fingerprint density at radius 3 is 2.23 bits per heavy atom. The third-order valence-corrected chi connectivity index (χ3v) is 5.19. The van der Waals surface area contributed by atoms with Crippen LogP contribution in [0, 0.1) is 17.2 Å². The van der Waals surface area contributed by atoms with E-state index in [4.69, 9.17) is 5.26 Å². The van der Waals surface area contributed by atoms with Crippen LogP contribution in [0.1, 0.15) is 36.2 Å². The van der Waals surface area contributed by atoms with Gasteiger partial charge in [0.1, 0.15) is 0 Å². The molecule has 0 spiro atoms. The summed E-state index contributed by atoms with van der Waals surface area (Å²) < 4.78 is 27.0. The molecule has 0 aromatic heterocycles. The van der Waals surface area contributed by atoms with Crippen LogP contribution >= 0.6 is 0 Å². The van der Waals surface area contributed by atoms with Gasteiger partial charge in [0.05, 0.1) is 16.5 Å². The third kappa shape index (κ3) is 5.41. The molecule has 2 aromatic carbocycles. The standard InChI is InChI=1S/C19H21N3O3S/c1-14(2)11-12-21-26(24,25)18-9-5-16(6-10-18)19(23)22-17-7-3-15(13-20)4-8-17/h3-10,14,21H,11-12H2,1-2H3,(H,22,23). The summed E-state index contributed by atoms with van der Waals surface area (Å²) >= 11 is 0. The second-order valence-corrected chi connectivity index (χ2v) is 8.01. The van der Waals surface area contributed by atoms with Gasteiger partial charge in [0.2, 0.25) is 10.0 Å². The van der Waals surface area contributed by atoms with Gasteiger partial charge in [-0.25, -0.2) is 13.1 Å². The molecule has 26 heavy (non-hydrogen) atoms. The molecule has 0 unspecified atom stereocenters. The molecule has 0 atom stereocenters. The smallest absolute Gasteiger partial charge is 0.255 e. The Morgan fingerprint density at radius 1 is 1.08 bits per heavy atom. The Kier molecular flexibility index (Phi) is 6.50. The van der Waals surface area contributed by atoms with E-state index in [2.05, 4.69) is 10.0 Å².